The lowest BCUT2D eigenvalue weighted by molar-refractivity contribution is 0.102. The van der Waals surface area contributed by atoms with Crippen LogP contribution in [0, 0.1) is 5.82 Å². The number of carbonyl (C=O) groups excluding carboxylic acids is 1. The molecule has 1 aliphatic rings. The van der Waals surface area contributed by atoms with Crippen LogP contribution < -0.4 is 4.72 Å². The van der Waals surface area contributed by atoms with Crippen LogP contribution in [-0.4, -0.2) is 41.0 Å². The molecular formula is C20H19FN4O3S2. The fourth-order valence-electron chi connectivity index (χ4n) is 3.02. The van der Waals surface area contributed by atoms with E-state index in [4.69, 9.17) is 0 Å². The van der Waals surface area contributed by atoms with Crippen molar-refractivity contribution in [2.45, 2.75) is 24.0 Å². The Hall–Kier alpha value is -2.72. The van der Waals surface area contributed by atoms with E-state index in [1.807, 2.05) is 4.57 Å². The molecule has 1 aromatic heterocycles. The van der Waals surface area contributed by atoms with E-state index in [-0.39, 0.29) is 23.4 Å². The number of nitrogens with one attached hydrogen (secondary N) is 1. The lowest BCUT2D eigenvalue weighted by Gasteiger charge is -2.09. The van der Waals surface area contributed by atoms with Crippen LogP contribution in [-0.2, 0) is 10.0 Å². The SMILES string of the molecule is CS(=O)(=O)Nc1ccc(C(=O)CSc2nnc(-c3ccccc3F)n2C2CC2)cc1. The Morgan fingerprint density at radius 3 is 2.50 bits per heavy atom. The van der Waals surface area contributed by atoms with Crippen molar-refractivity contribution in [2.24, 2.45) is 0 Å². The van der Waals surface area contributed by atoms with Gasteiger partial charge in [0.25, 0.3) is 0 Å². The van der Waals surface area contributed by atoms with Crippen LogP contribution in [0.3, 0.4) is 0 Å². The fourth-order valence-corrected chi connectivity index (χ4v) is 4.48. The summed E-state index contributed by atoms with van der Waals surface area (Å²) in [6, 6.07) is 12.9. The Morgan fingerprint density at radius 1 is 1.17 bits per heavy atom. The van der Waals surface area contributed by atoms with E-state index in [0.29, 0.717) is 27.8 Å². The Kier molecular flexibility index (Phi) is 5.61. The molecule has 0 bridgehead atoms. The van der Waals surface area contributed by atoms with Crippen LogP contribution in [0.5, 0.6) is 0 Å². The first kappa shape index (κ1) is 20.5. The van der Waals surface area contributed by atoms with Crippen molar-refractivity contribution in [2.75, 3.05) is 16.7 Å². The first-order chi connectivity index (χ1) is 14.3. The Bertz CT molecular complexity index is 1190. The minimum absolute atomic E-state index is 0.122. The zero-order chi connectivity index (χ0) is 21.3. The van der Waals surface area contributed by atoms with Crippen LogP contribution in [0.1, 0.15) is 29.2 Å². The van der Waals surface area contributed by atoms with Gasteiger partial charge in [-0.25, -0.2) is 12.8 Å². The van der Waals surface area contributed by atoms with Gasteiger partial charge in [-0.2, -0.15) is 0 Å². The molecule has 1 aliphatic carbocycles. The number of Topliss-reactive ketones (excluding diaryl/α,β-unsaturated/α-hetero) is 1. The molecule has 0 saturated heterocycles. The molecule has 10 heteroatoms. The van der Waals surface area contributed by atoms with Crippen molar-refractivity contribution in [3.05, 3.63) is 59.9 Å². The van der Waals surface area contributed by atoms with Gasteiger partial charge in [0.2, 0.25) is 10.0 Å². The number of thioether (sulfide) groups is 1. The van der Waals surface area contributed by atoms with Crippen molar-refractivity contribution in [1.82, 2.24) is 14.8 Å². The third kappa shape index (κ3) is 4.71. The first-order valence-corrected chi connectivity index (χ1v) is 12.1. The topological polar surface area (TPSA) is 93.9 Å². The summed E-state index contributed by atoms with van der Waals surface area (Å²) >= 11 is 1.26. The smallest absolute Gasteiger partial charge is 0.229 e. The average molecular weight is 447 g/mol. The van der Waals surface area contributed by atoms with Gasteiger partial charge in [0.15, 0.2) is 16.8 Å². The zero-order valence-corrected chi connectivity index (χ0v) is 17.7. The minimum Gasteiger partial charge on any atom is -0.299 e. The van der Waals surface area contributed by atoms with E-state index >= 15 is 0 Å². The van der Waals surface area contributed by atoms with Crippen molar-refractivity contribution in [1.29, 1.82) is 0 Å². The standard InChI is InChI=1S/C20H19FN4O3S2/c1-30(27,28)24-14-8-6-13(7-9-14)18(26)12-29-20-23-22-19(25(20)15-10-11-15)16-4-2-3-5-17(16)21/h2-9,15,24H,10-12H2,1H3. The van der Waals surface area contributed by atoms with Crippen molar-refractivity contribution >= 4 is 33.3 Å². The van der Waals surface area contributed by atoms with Crippen molar-refractivity contribution < 1.29 is 17.6 Å². The maximum absolute atomic E-state index is 14.2. The van der Waals surface area contributed by atoms with Gasteiger partial charge in [-0.3, -0.25) is 14.1 Å². The number of rotatable bonds is 8. The number of sulfonamides is 1. The molecular weight excluding hydrogens is 427 g/mol. The second-order valence-electron chi connectivity index (χ2n) is 7.05. The predicted molar refractivity (Wildman–Crippen MR) is 114 cm³/mol. The molecule has 0 radical (unpaired) electrons. The molecule has 156 valence electrons. The summed E-state index contributed by atoms with van der Waals surface area (Å²) in [4.78, 5) is 12.6. The van der Waals surface area contributed by atoms with Crippen LogP contribution >= 0.6 is 11.8 Å². The molecule has 30 heavy (non-hydrogen) atoms. The molecule has 0 amide bonds. The second kappa shape index (κ2) is 8.19. The number of hydrogen-bond donors (Lipinski definition) is 1. The molecule has 0 aliphatic heterocycles. The molecule has 1 heterocycles. The lowest BCUT2D eigenvalue weighted by atomic mass is 10.1. The number of ketones is 1. The summed E-state index contributed by atoms with van der Waals surface area (Å²) < 4.78 is 41.1. The van der Waals surface area contributed by atoms with Crippen LogP contribution in [0.2, 0.25) is 0 Å². The summed E-state index contributed by atoms with van der Waals surface area (Å²) in [6.45, 7) is 0. The summed E-state index contributed by atoms with van der Waals surface area (Å²) in [5.74, 6) is 0.133. The van der Waals surface area contributed by atoms with Crippen LogP contribution in [0.15, 0.2) is 53.7 Å². The van der Waals surface area contributed by atoms with E-state index in [1.165, 1.54) is 17.8 Å². The summed E-state index contributed by atoms with van der Waals surface area (Å²) in [5, 5.41) is 8.96. The second-order valence-corrected chi connectivity index (χ2v) is 9.74. The maximum atomic E-state index is 14.2. The third-order valence-corrected chi connectivity index (χ3v) is 6.08. The monoisotopic (exact) mass is 446 g/mol. The molecule has 0 spiro atoms. The van der Waals surface area contributed by atoms with Crippen molar-refractivity contribution in [3.63, 3.8) is 0 Å². The number of halogens is 1. The average Bonchev–Trinajstić information content (AvgIpc) is 3.45. The van der Waals surface area contributed by atoms with Gasteiger partial charge in [-0.05, 0) is 49.2 Å². The zero-order valence-electron chi connectivity index (χ0n) is 16.1. The maximum Gasteiger partial charge on any atom is 0.229 e. The highest BCUT2D eigenvalue weighted by atomic mass is 32.2. The highest BCUT2D eigenvalue weighted by Gasteiger charge is 2.31. The van der Waals surface area contributed by atoms with Gasteiger partial charge in [0.1, 0.15) is 5.82 Å². The lowest BCUT2D eigenvalue weighted by Crippen LogP contribution is -2.10. The molecule has 0 unspecified atom stereocenters. The number of benzene rings is 2. The molecule has 2 aromatic carbocycles. The van der Waals surface area contributed by atoms with E-state index in [1.54, 1.807) is 42.5 Å². The molecule has 4 rings (SSSR count). The molecule has 0 atom stereocenters. The minimum atomic E-state index is -3.37. The van der Waals surface area contributed by atoms with Gasteiger partial charge in [0, 0.05) is 17.3 Å². The van der Waals surface area contributed by atoms with Gasteiger partial charge in [-0.1, -0.05) is 23.9 Å². The van der Waals surface area contributed by atoms with Gasteiger partial charge in [-0.15, -0.1) is 10.2 Å². The molecule has 1 saturated carbocycles. The quantitative estimate of drug-likeness (QED) is 0.418. The van der Waals surface area contributed by atoms with Gasteiger partial charge < -0.3 is 0 Å². The van der Waals surface area contributed by atoms with Gasteiger partial charge in [0.05, 0.1) is 17.6 Å². The summed E-state index contributed by atoms with van der Waals surface area (Å²) in [7, 11) is -3.37. The number of carbonyl (C=O) groups is 1. The van der Waals surface area contributed by atoms with Crippen LogP contribution in [0.25, 0.3) is 11.4 Å². The third-order valence-electron chi connectivity index (χ3n) is 4.53. The molecule has 1 fully saturated rings. The predicted octanol–water partition coefficient (Wildman–Crippen LogP) is 3.77. The molecule has 1 N–H and O–H groups in total. The number of hydrogen-bond acceptors (Lipinski definition) is 6. The number of anilines is 1. The fraction of sp³-hybridized carbons (Fsp3) is 0.250. The Labute approximate surface area is 177 Å². The number of nitrogens with zero attached hydrogens (tertiary/aromatic N) is 3. The molecule has 7 nitrogen and oxygen atoms in total. The van der Waals surface area contributed by atoms with Crippen molar-refractivity contribution in [3.8, 4) is 11.4 Å². The summed E-state index contributed by atoms with van der Waals surface area (Å²) in [5.41, 5.74) is 1.25. The van der Waals surface area contributed by atoms with E-state index < -0.39 is 10.0 Å². The van der Waals surface area contributed by atoms with Gasteiger partial charge >= 0.3 is 0 Å². The highest BCUT2D eigenvalue weighted by molar-refractivity contribution is 7.99. The van der Waals surface area contributed by atoms with E-state index in [0.717, 1.165) is 19.1 Å². The van der Waals surface area contributed by atoms with E-state index in [2.05, 4.69) is 14.9 Å². The largest absolute Gasteiger partial charge is 0.299 e. The van der Waals surface area contributed by atoms with Crippen LogP contribution in [0.4, 0.5) is 10.1 Å². The Morgan fingerprint density at radius 2 is 1.87 bits per heavy atom. The number of aromatic nitrogens is 3. The summed E-state index contributed by atoms with van der Waals surface area (Å²) in [6.07, 6.45) is 3.00. The molecule has 3 aromatic rings. The first-order valence-electron chi connectivity index (χ1n) is 9.25. The normalized spacial score (nSPS) is 13.9. The highest BCUT2D eigenvalue weighted by Crippen LogP contribution is 2.41. The Balaban J connectivity index is 1.49. The van der Waals surface area contributed by atoms with E-state index in [9.17, 15) is 17.6 Å².